The molecule has 0 atom stereocenters. The summed E-state index contributed by atoms with van der Waals surface area (Å²) in [5.41, 5.74) is -0.510. The second kappa shape index (κ2) is 6.40. The molecule has 1 fully saturated rings. The second-order valence-corrected chi connectivity index (χ2v) is 6.44. The minimum atomic E-state index is -0.835. The number of amides is 2. The van der Waals surface area contributed by atoms with Gasteiger partial charge >= 0.3 is 12.0 Å². The van der Waals surface area contributed by atoms with E-state index in [9.17, 15) is 9.59 Å². The molecule has 2 rings (SSSR count). The maximum atomic E-state index is 12.3. The number of hydrogen-bond acceptors (Lipinski definition) is 5. The third-order valence-electron chi connectivity index (χ3n) is 3.40. The van der Waals surface area contributed by atoms with E-state index in [4.69, 9.17) is 5.11 Å². The van der Waals surface area contributed by atoms with E-state index in [1.165, 1.54) is 11.3 Å². The van der Waals surface area contributed by atoms with Gasteiger partial charge in [-0.2, -0.15) is 0 Å². The predicted molar refractivity (Wildman–Crippen MR) is 79.3 cm³/mol. The molecule has 2 heterocycles. The molecule has 0 unspecified atom stereocenters. The van der Waals surface area contributed by atoms with Gasteiger partial charge in [0.15, 0.2) is 0 Å². The van der Waals surface area contributed by atoms with Crippen molar-refractivity contribution < 1.29 is 14.7 Å². The Kier molecular flexibility index (Phi) is 4.79. The van der Waals surface area contributed by atoms with Gasteiger partial charge in [0.05, 0.1) is 12.1 Å². The molecule has 116 valence electrons. The van der Waals surface area contributed by atoms with Gasteiger partial charge in [-0.3, -0.25) is 9.69 Å². The zero-order chi connectivity index (χ0) is 15.5. The lowest BCUT2D eigenvalue weighted by Crippen LogP contribution is -2.55. The molecule has 0 spiro atoms. The van der Waals surface area contributed by atoms with Crippen molar-refractivity contribution in [3.8, 4) is 0 Å². The topological polar surface area (TPSA) is 85.8 Å². The summed E-state index contributed by atoms with van der Waals surface area (Å²) < 4.78 is 0. The van der Waals surface area contributed by atoms with Crippen molar-refractivity contribution in [2.24, 2.45) is 0 Å². The largest absolute Gasteiger partial charge is 0.480 e. The van der Waals surface area contributed by atoms with Gasteiger partial charge in [-0.1, -0.05) is 0 Å². The van der Waals surface area contributed by atoms with Crippen molar-refractivity contribution >= 4 is 23.3 Å². The highest BCUT2D eigenvalue weighted by Gasteiger charge is 2.29. The van der Waals surface area contributed by atoms with E-state index >= 15 is 0 Å². The van der Waals surface area contributed by atoms with Crippen LogP contribution in [0.2, 0.25) is 0 Å². The van der Waals surface area contributed by atoms with Gasteiger partial charge < -0.3 is 15.3 Å². The third-order valence-corrected chi connectivity index (χ3v) is 4.50. The summed E-state index contributed by atoms with van der Waals surface area (Å²) in [6.07, 6.45) is 1.72. The number of hydrogen-bond donors (Lipinski definition) is 2. The fourth-order valence-corrected chi connectivity index (χ4v) is 2.95. The standard InChI is InChI=1S/C13H20N4O3S/c1-13(2,11-14-3-8-21-11)15-12(20)17-6-4-16(5-7-17)9-10(18)19/h3,8H,4-7,9H2,1-2H3,(H,15,20)(H,18,19). The van der Waals surface area contributed by atoms with E-state index in [-0.39, 0.29) is 12.6 Å². The van der Waals surface area contributed by atoms with E-state index in [1.54, 1.807) is 11.1 Å². The van der Waals surface area contributed by atoms with Gasteiger partial charge in [-0.25, -0.2) is 9.78 Å². The average Bonchev–Trinajstić information content (AvgIpc) is 2.93. The first-order valence-corrected chi connectivity index (χ1v) is 7.67. The molecule has 1 aromatic heterocycles. The number of rotatable bonds is 4. The Morgan fingerprint density at radius 3 is 2.57 bits per heavy atom. The van der Waals surface area contributed by atoms with E-state index in [0.29, 0.717) is 26.2 Å². The van der Waals surface area contributed by atoms with Crippen LogP contribution >= 0.6 is 11.3 Å². The molecular weight excluding hydrogens is 292 g/mol. The van der Waals surface area contributed by atoms with Crippen LogP contribution in [0.15, 0.2) is 11.6 Å². The molecule has 8 heteroatoms. The summed E-state index contributed by atoms with van der Waals surface area (Å²) in [4.78, 5) is 30.7. The molecule has 7 nitrogen and oxygen atoms in total. The number of nitrogens with one attached hydrogen (secondary N) is 1. The monoisotopic (exact) mass is 312 g/mol. The minimum Gasteiger partial charge on any atom is -0.480 e. The van der Waals surface area contributed by atoms with Crippen molar-refractivity contribution in [3.63, 3.8) is 0 Å². The summed E-state index contributed by atoms with van der Waals surface area (Å²) in [5.74, 6) is -0.835. The van der Waals surface area contributed by atoms with Crippen LogP contribution in [0.4, 0.5) is 4.79 Å². The van der Waals surface area contributed by atoms with E-state index in [2.05, 4.69) is 10.3 Å². The van der Waals surface area contributed by atoms with Crippen LogP contribution in [0.1, 0.15) is 18.9 Å². The Morgan fingerprint density at radius 2 is 2.05 bits per heavy atom. The molecule has 1 saturated heterocycles. The highest BCUT2D eigenvalue weighted by atomic mass is 32.1. The van der Waals surface area contributed by atoms with Crippen LogP contribution in [0.3, 0.4) is 0 Å². The number of urea groups is 1. The Hall–Kier alpha value is -1.67. The van der Waals surface area contributed by atoms with Crippen molar-refractivity contribution in [3.05, 3.63) is 16.6 Å². The Balaban J connectivity index is 1.86. The van der Waals surface area contributed by atoms with Crippen LogP contribution in [-0.4, -0.2) is 64.6 Å². The molecule has 0 aromatic carbocycles. The molecule has 0 bridgehead atoms. The number of carboxylic acids is 1. The van der Waals surface area contributed by atoms with Gasteiger partial charge in [0.2, 0.25) is 0 Å². The first-order valence-electron chi connectivity index (χ1n) is 6.80. The molecule has 1 aliphatic rings. The lowest BCUT2D eigenvalue weighted by Gasteiger charge is -2.36. The summed E-state index contributed by atoms with van der Waals surface area (Å²) in [6.45, 7) is 6.10. The summed E-state index contributed by atoms with van der Waals surface area (Å²) in [7, 11) is 0. The van der Waals surface area contributed by atoms with Crippen LogP contribution in [-0.2, 0) is 10.3 Å². The molecule has 1 aliphatic heterocycles. The molecular formula is C13H20N4O3S. The first kappa shape index (κ1) is 15.7. The zero-order valence-corrected chi connectivity index (χ0v) is 13.0. The zero-order valence-electron chi connectivity index (χ0n) is 12.2. The number of nitrogens with zero attached hydrogens (tertiary/aromatic N) is 3. The average molecular weight is 312 g/mol. The smallest absolute Gasteiger partial charge is 0.318 e. The maximum Gasteiger partial charge on any atom is 0.318 e. The van der Waals surface area contributed by atoms with Crippen molar-refractivity contribution in [1.82, 2.24) is 20.1 Å². The van der Waals surface area contributed by atoms with Gasteiger partial charge in [0, 0.05) is 37.8 Å². The van der Waals surface area contributed by atoms with Gasteiger partial charge in [0.1, 0.15) is 5.01 Å². The summed E-state index contributed by atoms with van der Waals surface area (Å²) >= 11 is 1.51. The van der Waals surface area contributed by atoms with Crippen molar-refractivity contribution in [2.45, 2.75) is 19.4 Å². The molecule has 0 radical (unpaired) electrons. The van der Waals surface area contributed by atoms with E-state index in [0.717, 1.165) is 5.01 Å². The van der Waals surface area contributed by atoms with E-state index in [1.807, 2.05) is 24.1 Å². The third kappa shape index (κ3) is 4.15. The van der Waals surface area contributed by atoms with Gasteiger partial charge in [0.25, 0.3) is 0 Å². The van der Waals surface area contributed by atoms with E-state index < -0.39 is 11.5 Å². The Morgan fingerprint density at radius 1 is 1.38 bits per heavy atom. The molecule has 2 N–H and O–H groups in total. The van der Waals surface area contributed by atoms with Crippen LogP contribution in [0.25, 0.3) is 0 Å². The normalized spacial score (nSPS) is 16.8. The van der Waals surface area contributed by atoms with Crippen molar-refractivity contribution in [1.29, 1.82) is 0 Å². The SMILES string of the molecule is CC(C)(NC(=O)N1CCN(CC(=O)O)CC1)c1nccs1. The molecule has 0 saturated carbocycles. The molecule has 0 aliphatic carbocycles. The first-order chi connectivity index (χ1) is 9.88. The number of thiazole rings is 1. The molecule has 2 amide bonds. The maximum absolute atomic E-state index is 12.3. The molecule has 21 heavy (non-hydrogen) atoms. The number of carboxylic acid groups (broad SMARTS) is 1. The number of aromatic nitrogens is 1. The van der Waals surface area contributed by atoms with Crippen LogP contribution in [0, 0.1) is 0 Å². The summed E-state index contributed by atoms with van der Waals surface area (Å²) in [5, 5.41) is 14.5. The van der Waals surface area contributed by atoms with Gasteiger partial charge in [-0.05, 0) is 13.8 Å². The second-order valence-electron chi connectivity index (χ2n) is 5.55. The quantitative estimate of drug-likeness (QED) is 0.858. The lowest BCUT2D eigenvalue weighted by atomic mass is 10.1. The fraction of sp³-hybridized carbons (Fsp3) is 0.615. The Bertz CT molecular complexity index is 496. The molecule has 1 aromatic rings. The highest BCUT2D eigenvalue weighted by molar-refractivity contribution is 7.09. The number of piperazine rings is 1. The highest BCUT2D eigenvalue weighted by Crippen LogP contribution is 2.22. The number of aliphatic carboxylic acids is 1. The van der Waals surface area contributed by atoms with Crippen LogP contribution < -0.4 is 5.32 Å². The number of carbonyl (C=O) groups excluding carboxylic acids is 1. The van der Waals surface area contributed by atoms with Crippen LogP contribution in [0.5, 0.6) is 0 Å². The lowest BCUT2D eigenvalue weighted by molar-refractivity contribution is -0.138. The fourth-order valence-electron chi connectivity index (χ4n) is 2.23. The minimum absolute atomic E-state index is 0.0278. The number of carbonyl (C=O) groups is 2. The predicted octanol–water partition coefficient (Wildman–Crippen LogP) is 0.790. The summed E-state index contributed by atoms with van der Waals surface area (Å²) in [6, 6.07) is -0.134. The van der Waals surface area contributed by atoms with Gasteiger partial charge in [-0.15, -0.1) is 11.3 Å². The van der Waals surface area contributed by atoms with Crippen molar-refractivity contribution in [2.75, 3.05) is 32.7 Å². The Labute approximate surface area is 127 Å².